The first-order valence-electron chi connectivity index (χ1n) is 11.7. The topological polar surface area (TPSA) is 63.9 Å². The Balaban J connectivity index is 1.34. The molecule has 0 unspecified atom stereocenters. The quantitative estimate of drug-likeness (QED) is 0.614. The molecular formula is C25H31N5O. The van der Waals surface area contributed by atoms with Crippen molar-refractivity contribution in [2.45, 2.75) is 57.4 Å². The second kappa shape index (κ2) is 8.87. The van der Waals surface area contributed by atoms with Crippen molar-refractivity contribution in [1.29, 1.82) is 0 Å². The highest BCUT2D eigenvalue weighted by Crippen LogP contribution is 2.28. The van der Waals surface area contributed by atoms with Crippen LogP contribution in [0, 0.1) is 5.92 Å². The molecular weight excluding hydrogens is 386 g/mol. The van der Waals surface area contributed by atoms with Crippen molar-refractivity contribution in [1.82, 2.24) is 24.9 Å². The number of benzene rings is 1. The molecule has 1 saturated heterocycles. The normalized spacial score (nSPS) is 19.1. The molecule has 2 aromatic heterocycles. The minimum absolute atomic E-state index is 0.211. The van der Waals surface area contributed by atoms with Crippen LogP contribution in [0.1, 0.15) is 56.7 Å². The van der Waals surface area contributed by atoms with E-state index < -0.39 is 0 Å². The number of likely N-dealkylation sites (tertiary alicyclic amines) is 1. The summed E-state index contributed by atoms with van der Waals surface area (Å²) < 4.78 is 2.13. The molecule has 5 rings (SSSR count). The number of nitrogens with zero attached hydrogens (tertiary/aromatic N) is 5. The Hall–Kier alpha value is -2.60. The fraction of sp³-hybridized carbons (Fsp3) is 0.520. The van der Waals surface area contributed by atoms with E-state index in [9.17, 15) is 4.79 Å². The third-order valence-electron chi connectivity index (χ3n) is 7.05. The molecule has 0 N–H and O–H groups in total. The van der Waals surface area contributed by atoms with Gasteiger partial charge >= 0.3 is 0 Å². The number of hydrogen-bond acceptors (Lipinski definition) is 5. The fourth-order valence-corrected chi connectivity index (χ4v) is 5.05. The van der Waals surface area contributed by atoms with E-state index in [1.165, 1.54) is 19.3 Å². The van der Waals surface area contributed by atoms with Gasteiger partial charge in [0.2, 0.25) is 0 Å². The van der Waals surface area contributed by atoms with Crippen LogP contribution in [0.25, 0.3) is 22.0 Å². The van der Waals surface area contributed by atoms with Gasteiger partial charge < -0.3 is 4.90 Å². The summed E-state index contributed by atoms with van der Waals surface area (Å²) in [4.78, 5) is 15.1. The van der Waals surface area contributed by atoms with Crippen LogP contribution in [0.4, 0.5) is 0 Å². The summed E-state index contributed by atoms with van der Waals surface area (Å²) in [5.74, 6) is 0.534. The molecule has 6 heteroatoms. The first kappa shape index (κ1) is 20.3. The Labute approximate surface area is 183 Å². The highest BCUT2D eigenvalue weighted by molar-refractivity contribution is 5.86. The Morgan fingerprint density at radius 2 is 1.81 bits per heavy atom. The SMILES string of the molecule is CN1CCC(n2cc(-c3ccc4nnc(CC(=O)C5CCCCC5)cc4c3)cn2)CC1. The van der Waals surface area contributed by atoms with Crippen molar-refractivity contribution in [3.8, 4) is 11.1 Å². The summed E-state index contributed by atoms with van der Waals surface area (Å²) in [5.41, 5.74) is 3.89. The van der Waals surface area contributed by atoms with E-state index in [4.69, 9.17) is 0 Å². The van der Waals surface area contributed by atoms with Gasteiger partial charge in [-0.25, -0.2) is 0 Å². The summed E-state index contributed by atoms with van der Waals surface area (Å²) in [6, 6.07) is 8.76. The lowest BCUT2D eigenvalue weighted by Crippen LogP contribution is -2.31. The Morgan fingerprint density at radius 3 is 2.61 bits per heavy atom. The van der Waals surface area contributed by atoms with Crippen molar-refractivity contribution >= 4 is 16.7 Å². The average molecular weight is 418 g/mol. The zero-order chi connectivity index (χ0) is 21.2. The van der Waals surface area contributed by atoms with E-state index in [1.807, 2.05) is 18.3 Å². The minimum Gasteiger partial charge on any atom is -0.306 e. The molecule has 162 valence electrons. The molecule has 3 heterocycles. The summed E-state index contributed by atoms with van der Waals surface area (Å²) in [5, 5.41) is 14.4. The van der Waals surface area contributed by atoms with Crippen molar-refractivity contribution < 1.29 is 4.79 Å². The van der Waals surface area contributed by atoms with Gasteiger partial charge in [-0.15, -0.1) is 0 Å². The Kier molecular flexibility index (Phi) is 5.81. The molecule has 3 aromatic rings. The average Bonchev–Trinajstić information content (AvgIpc) is 3.30. The number of aromatic nitrogens is 4. The lowest BCUT2D eigenvalue weighted by molar-refractivity contribution is -0.123. The number of rotatable bonds is 5. The number of carbonyl (C=O) groups excluding carboxylic acids is 1. The first-order chi connectivity index (χ1) is 15.2. The highest BCUT2D eigenvalue weighted by Gasteiger charge is 2.22. The van der Waals surface area contributed by atoms with Crippen LogP contribution in [0.5, 0.6) is 0 Å². The van der Waals surface area contributed by atoms with Crippen molar-refractivity contribution in [3.05, 3.63) is 42.4 Å². The maximum Gasteiger partial charge on any atom is 0.141 e. The summed E-state index contributed by atoms with van der Waals surface area (Å²) >= 11 is 0. The van der Waals surface area contributed by atoms with E-state index in [2.05, 4.69) is 50.3 Å². The van der Waals surface area contributed by atoms with Gasteiger partial charge in [-0.05, 0) is 69.6 Å². The van der Waals surface area contributed by atoms with Gasteiger partial charge in [0.05, 0.1) is 29.9 Å². The summed E-state index contributed by atoms with van der Waals surface area (Å²) in [6.45, 7) is 2.24. The molecule has 2 fully saturated rings. The van der Waals surface area contributed by atoms with Gasteiger partial charge in [0.25, 0.3) is 0 Å². The lowest BCUT2D eigenvalue weighted by Gasteiger charge is -2.28. The maximum atomic E-state index is 12.7. The van der Waals surface area contributed by atoms with Crippen LogP contribution >= 0.6 is 0 Å². The maximum absolute atomic E-state index is 12.7. The molecule has 1 aromatic carbocycles. The van der Waals surface area contributed by atoms with Crippen molar-refractivity contribution in [3.63, 3.8) is 0 Å². The van der Waals surface area contributed by atoms with E-state index in [1.54, 1.807) is 0 Å². The number of fused-ring (bicyclic) bond motifs is 1. The van der Waals surface area contributed by atoms with E-state index in [0.29, 0.717) is 18.2 Å². The number of Topliss-reactive ketones (excluding diaryl/α,β-unsaturated/α-hetero) is 1. The van der Waals surface area contributed by atoms with E-state index >= 15 is 0 Å². The zero-order valence-electron chi connectivity index (χ0n) is 18.3. The number of carbonyl (C=O) groups is 1. The first-order valence-corrected chi connectivity index (χ1v) is 11.7. The second-order valence-corrected chi connectivity index (χ2v) is 9.33. The van der Waals surface area contributed by atoms with Gasteiger partial charge in [-0.1, -0.05) is 25.3 Å². The van der Waals surface area contributed by atoms with E-state index in [0.717, 1.165) is 66.5 Å². The predicted molar refractivity (Wildman–Crippen MR) is 122 cm³/mol. The van der Waals surface area contributed by atoms with Gasteiger partial charge in [0.15, 0.2) is 0 Å². The number of hydrogen-bond donors (Lipinski definition) is 0. The summed E-state index contributed by atoms with van der Waals surface area (Å²) in [7, 11) is 2.18. The Morgan fingerprint density at radius 1 is 1.00 bits per heavy atom. The molecule has 0 amide bonds. The second-order valence-electron chi connectivity index (χ2n) is 9.33. The molecule has 1 aliphatic carbocycles. The van der Waals surface area contributed by atoms with Crippen molar-refractivity contribution in [2.75, 3.05) is 20.1 Å². The minimum atomic E-state index is 0.211. The van der Waals surface area contributed by atoms with Gasteiger partial charge in [-0.2, -0.15) is 15.3 Å². The third-order valence-corrected chi connectivity index (χ3v) is 7.05. The molecule has 1 saturated carbocycles. The predicted octanol–water partition coefficient (Wildman–Crippen LogP) is 4.45. The number of piperidine rings is 1. The smallest absolute Gasteiger partial charge is 0.141 e. The molecule has 1 aliphatic heterocycles. The lowest BCUT2D eigenvalue weighted by atomic mass is 9.85. The van der Waals surface area contributed by atoms with Gasteiger partial charge in [0, 0.05) is 23.1 Å². The largest absolute Gasteiger partial charge is 0.306 e. The van der Waals surface area contributed by atoms with Crippen LogP contribution in [0.15, 0.2) is 36.7 Å². The highest BCUT2D eigenvalue weighted by atomic mass is 16.1. The zero-order valence-corrected chi connectivity index (χ0v) is 18.3. The molecule has 6 nitrogen and oxygen atoms in total. The summed E-state index contributed by atoms with van der Waals surface area (Å²) in [6.07, 6.45) is 12.5. The monoisotopic (exact) mass is 417 g/mol. The molecule has 0 bridgehead atoms. The van der Waals surface area contributed by atoms with Crippen molar-refractivity contribution in [2.24, 2.45) is 5.92 Å². The van der Waals surface area contributed by atoms with Crippen LogP contribution in [0.2, 0.25) is 0 Å². The molecule has 0 radical (unpaired) electrons. The molecule has 0 spiro atoms. The van der Waals surface area contributed by atoms with Gasteiger partial charge in [0.1, 0.15) is 5.78 Å². The standard InChI is InChI=1S/C25H31N5O/c1-29-11-9-23(10-12-29)30-17-21(16-26-30)19-7-8-24-20(13-19)14-22(27-28-24)15-25(31)18-5-3-2-4-6-18/h7-8,13-14,16-18,23H,2-6,9-12,15H2,1H3. The van der Waals surface area contributed by atoms with Crippen LogP contribution in [-0.4, -0.2) is 50.8 Å². The molecule has 31 heavy (non-hydrogen) atoms. The third kappa shape index (κ3) is 4.54. The van der Waals surface area contributed by atoms with E-state index in [-0.39, 0.29) is 5.92 Å². The number of ketones is 1. The van der Waals surface area contributed by atoms with Crippen LogP contribution < -0.4 is 0 Å². The Bertz CT molecular complexity index is 1060. The van der Waals surface area contributed by atoms with Crippen LogP contribution in [-0.2, 0) is 11.2 Å². The molecule has 0 atom stereocenters. The molecule has 2 aliphatic rings. The van der Waals surface area contributed by atoms with Crippen LogP contribution in [0.3, 0.4) is 0 Å². The van der Waals surface area contributed by atoms with Gasteiger partial charge in [-0.3, -0.25) is 9.48 Å². The fourth-order valence-electron chi connectivity index (χ4n) is 5.05.